The molecule has 1 amide bonds. The second kappa shape index (κ2) is 9.53. The molecule has 1 aromatic carbocycles. The number of carboxylic acid groups (broad SMARTS) is 1. The molecule has 0 aliphatic heterocycles. The number of nitrogens with one attached hydrogen (secondary N) is 1. The van der Waals surface area contributed by atoms with Gasteiger partial charge in [-0.3, -0.25) is 14.9 Å². The van der Waals surface area contributed by atoms with Gasteiger partial charge in [0.2, 0.25) is 11.7 Å². The first kappa shape index (κ1) is 19.5. The quantitative estimate of drug-likeness (QED) is 0.359. The number of carbonyl (C=O) groups is 2. The number of rotatable bonds is 10. The molecule has 0 aromatic heterocycles. The van der Waals surface area contributed by atoms with Crippen LogP contribution in [-0.2, 0) is 25.5 Å². The average Bonchev–Trinajstić information content (AvgIpc) is 2.52. The molecule has 10 heteroatoms. The maximum absolute atomic E-state index is 13.3. The van der Waals surface area contributed by atoms with E-state index in [0.717, 1.165) is 12.1 Å². The third kappa shape index (κ3) is 6.26. The van der Waals surface area contributed by atoms with Crippen LogP contribution in [0.15, 0.2) is 18.2 Å². The number of benzene rings is 1. The number of hydrogen-bond acceptors (Lipinski definition) is 6. The van der Waals surface area contributed by atoms with E-state index in [9.17, 15) is 24.1 Å². The van der Waals surface area contributed by atoms with Crippen molar-refractivity contribution >= 4 is 17.6 Å². The van der Waals surface area contributed by atoms with Gasteiger partial charge in [0.1, 0.15) is 12.6 Å². The number of nitro groups is 1. The van der Waals surface area contributed by atoms with E-state index in [2.05, 4.69) is 5.32 Å². The Morgan fingerprint density at radius 3 is 2.71 bits per heavy atom. The van der Waals surface area contributed by atoms with Crippen LogP contribution in [0, 0.1) is 15.9 Å². The predicted molar refractivity (Wildman–Crippen MR) is 79.0 cm³/mol. The molecule has 0 unspecified atom stereocenters. The fourth-order valence-electron chi connectivity index (χ4n) is 1.80. The Kier molecular flexibility index (Phi) is 7.72. The van der Waals surface area contributed by atoms with Crippen LogP contribution >= 0.6 is 0 Å². The number of ether oxygens (including phenoxy) is 2. The van der Waals surface area contributed by atoms with Crippen LogP contribution in [0.1, 0.15) is 5.56 Å². The number of halogens is 1. The number of hydrogen-bond donors (Lipinski definition) is 2. The van der Waals surface area contributed by atoms with Crippen molar-refractivity contribution in [1.82, 2.24) is 5.32 Å². The number of carbonyl (C=O) groups excluding carboxylic acids is 1. The number of carboxylic acids is 1. The van der Waals surface area contributed by atoms with Gasteiger partial charge in [-0.1, -0.05) is 6.07 Å². The highest BCUT2D eigenvalue weighted by molar-refractivity contribution is 5.84. The van der Waals surface area contributed by atoms with E-state index in [1.54, 1.807) is 0 Å². The summed E-state index contributed by atoms with van der Waals surface area (Å²) in [6.45, 7) is 0.109. The fraction of sp³-hybridized carbons (Fsp3) is 0.429. The van der Waals surface area contributed by atoms with Crippen LogP contribution in [0.2, 0.25) is 0 Å². The molecule has 0 aliphatic rings. The molecule has 2 N–H and O–H groups in total. The molecule has 1 aromatic rings. The van der Waals surface area contributed by atoms with E-state index in [1.807, 2.05) is 0 Å². The standard InChI is InChI=1S/C14H17FN2O7/c1-23-4-5-24-8-13(18)16-11(14(19)20)6-9-2-3-10(15)12(7-9)17(21)22/h2-3,7,11H,4-6,8H2,1H3,(H,16,18)(H,19,20)/t11-/m1/s1. The Morgan fingerprint density at radius 1 is 1.42 bits per heavy atom. The highest BCUT2D eigenvalue weighted by Crippen LogP contribution is 2.19. The normalized spacial score (nSPS) is 11.8. The Labute approximate surface area is 136 Å². The molecule has 132 valence electrons. The summed E-state index contributed by atoms with van der Waals surface area (Å²) in [7, 11) is 1.46. The summed E-state index contributed by atoms with van der Waals surface area (Å²) in [4.78, 5) is 32.6. The lowest BCUT2D eigenvalue weighted by Crippen LogP contribution is -2.44. The molecule has 0 aliphatic carbocycles. The zero-order valence-corrected chi connectivity index (χ0v) is 12.9. The van der Waals surface area contributed by atoms with Crippen LogP contribution in [0.3, 0.4) is 0 Å². The maximum atomic E-state index is 13.3. The lowest BCUT2D eigenvalue weighted by atomic mass is 10.0. The van der Waals surface area contributed by atoms with Gasteiger partial charge in [0.05, 0.1) is 18.1 Å². The summed E-state index contributed by atoms with van der Waals surface area (Å²) in [6, 6.07) is 1.71. The molecule has 0 radical (unpaired) electrons. The van der Waals surface area contributed by atoms with Gasteiger partial charge in [0.15, 0.2) is 0 Å². The van der Waals surface area contributed by atoms with E-state index >= 15 is 0 Å². The van der Waals surface area contributed by atoms with E-state index < -0.39 is 34.3 Å². The summed E-state index contributed by atoms with van der Waals surface area (Å²) >= 11 is 0. The zero-order valence-electron chi connectivity index (χ0n) is 12.9. The van der Waals surface area contributed by atoms with Crippen molar-refractivity contribution in [3.05, 3.63) is 39.7 Å². The molecule has 1 rings (SSSR count). The van der Waals surface area contributed by atoms with Crippen LogP contribution in [0.25, 0.3) is 0 Å². The molecule has 0 spiro atoms. The van der Waals surface area contributed by atoms with Crippen molar-refractivity contribution < 1.29 is 33.5 Å². The molecular formula is C14H17FN2O7. The molecule has 0 saturated carbocycles. The lowest BCUT2D eigenvalue weighted by molar-refractivity contribution is -0.387. The second-order valence-corrected chi connectivity index (χ2v) is 4.75. The lowest BCUT2D eigenvalue weighted by Gasteiger charge is -2.14. The second-order valence-electron chi connectivity index (χ2n) is 4.75. The topological polar surface area (TPSA) is 128 Å². The molecule has 0 heterocycles. The van der Waals surface area contributed by atoms with Crippen molar-refractivity contribution in [3.63, 3.8) is 0 Å². The first-order chi connectivity index (χ1) is 11.3. The predicted octanol–water partition coefficient (Wildman–Crippen LogP) is 0.509. The van der Waals surface area contributed by atoms with Crippen molar-refractivity contribution in [3.8, 4) is 0 Å². The van der Waals surface area contributed by atoms with Crippen LogP contribution < -0.4 is 5.32 Å². The number of methoxy groups -OCH3 is 1. The summed E-state index contributed by atoms with van der Waals surface area (Å²) < 4.78 is 23.0. The Hall–Kier alpha value is -2.59. The number of nitrogens with zero attached hydrogens (tertiary/aromatic N) is 1. The Balaban J connectivity index is 2.70. The van der Waals surface area contributed by atoms with Gasteiger partial charge >= 0.3 is 11.7 Å². The van der Waals surface area contributed by atoms with Crippen molar-refractivity contribution in [2.45, 2.75) is 12.5 Å². The smallest absolute Gasteiger partial charge is 0.326 e. The minimum atomic E-state index is -1.33. The fourth-order valence-corrected chi connectivity index (χ4v) is 1.80. The van der Waals surface area contributed by atoms with Gasteiger partial charge in [-0.05, 0) is 11.6 Å². The maximum Gasteiger partial charge on any atom is 0.326 e. The van der Waals surface area contributed by atoms with Gasteiger partial charge in [0.25, 0.3) is 0 Å². The highest BCUT2D eigenvalue weighted by atomic mass is 19.1. The molecule has 24 heavy (non-hydrogen) atoms. The summed E-state index contributed by atoms with van der Waals surface area (Å²) in [5.41, 5.74) is -0.554. The van der Waals surface area contributed by atoms with Crippen molar-refractivity contribution in [2.24, 2.45) is 0 Å². The number of amides is 1. The van der Waals surface area contributed by atoms with E-state index in [-0.39, 0.29) is 31.8 Å². The van der Waals surface area contributed by atoms with Gasteiger partial charge in [0, 0.05) is 19.6 Å². The number of nitro benzene ring substituents is 1. The molecule has 9 nitrogen and oxygen atoms in total. The minimum Gasteiger partial charge on any atom is -0.480 e. The molecule has 0 fully saturated rings. The van der Waals surface area contributed by atoms with E-state index in [4.69, 9.17) is 14.6 Å². The SMILES string of the molecule is COCCOCC(=O)N[C@H](Cc1ccc(F)c([N+](=O)[O-])c1)C(=O)O. The number of aliphatic carboxylic acids is 1. The van der Waals surface area contributed by atoms with Gasteiger partial charge < -0.3 is 19.9 Å². The monoisotopic (exact) mass is 344 g/mol. The van der Waals surface area contributed by atoms with Gasteiger partial charge in [-0.2, -0.15) is 4.39 Å². The first-order valence-corrected chi connectivity index (χ1v) is 6.86. The summed E-state index contributed by atoms with van der Waals surface area (Å²) in [5, 5.41) is 22.1. The molecule has 1 atom stereocenters. The summed E-state index contributed by atoms with van der Waals surface area (Å²) in [5.74, 6) is -3.01. The zero-order chi connectivity index (χ0) is 18.1. The molecule has 0 bridgehead atoms. The van der Waals surface area contributed by atoms with Gasteiger partial charge in [-0.15, -0.1) is 0 Å². The van der Waals surface area contributed by atoms with Gasteiger partial charge in [-0.25, -0.2) is 4.79 Å². The van der Waals surface area contributed by atoms with E-state index in [1.165, 1.54) is 13.2 Å². The average molecular weight is 344 g/mol. The Morgan fingerprint density at radius 2 is 2.12 bits per heavy atom. The van der Waals surface area contributed by atoms with Crippen LogP contribution in [-0.4, -0.2) is 54.9 Å². The highest BCUT2D eigenvalue weighted by Gasteiger charge is 2.22. The third-order valence-electron chi connectivity index (χ3n) is 2.95. The van der Waals surface area contributed by atoms with Crippen molar-refractivity contribution in [1.29, 1.82) is 0 Å². The van der Waals surface area contributed by atoms with Crippen molar-refractivity contribution in [2.75, 3.05) is 26.9 Å². The Bertz CT molecular complexity index is 609. The summed E-state index contributed by atoms with van der Waals surface area (Å²) in [6.07, 6.45) is -0.236. The van der Waals surface area contributed by atoms with Crippen LogP contribution in [0.5, 0.6) is 0 Å². The first-order valence-electron chi connectivity index (χ1n) is 6.86. The van der Waals surface area contributed by atoms with E-state index in [0.29, 0.717) is 0 Å². The third-order valence-corrected chi connectivity index (χ3v) is 2.95. The molecular weight excluding hydrogens is 327 g/mol. The minimum absolute atomic E-state index is 0.172. The largest absolute Gasteiger partial charge is 0.480 e. The van der Waals surface area contributed by atoms with Crippen LogP contribution in [0.4, 0.5) is 10.1 Å². The molecule has 0 saturated heterocycles.